The van der Waals surface area contributed by atoms with Crippen LogP contribution in [0.3, 0.4) is 0 Å². The summed E-state index contributed by atoms with van der Waals surface area (Å²) < 4.78 is 11.2. The Morgan fingerprint density at radius 2 is 2.21 bits per heavy atom. The van der Waals surface area contributed by atoms with Crippen molar-refractivity contribution in [3.8, 4) is 11.8 Å². The molecule has 0 radical (unpaired) electrons. The molecular formula is C13H15IN2O3. The van der Waals surface area contributed by atoms with E-state index in [0.29, 0.717) is 33.6 Å². The zero-order valence-corrected chi connectivity index (χ0v) is 12.9. The van der Waals surface area contributed by atoms with Crippen molar-refractivity contribution in [3.63, 3.8) is 0 Å². The van der Waals surface area contributed by atoms with Crippen LogP contribution >= 0.6 is 22.6 Å². The van der Waals surface area contributed by atoms with Gasteiger partial charge in [-0.2, -0.15) is 5.26 Å². The van der Waals surface area contributed by atoms with Gasteiger partial charge >= 0.3 is 5.97 Å². The maximum atomic E-state index is 11.7. The van der Waals surface area contributed by atoms with Gasteiger partial charge in [-0.15, -0.1) is 0 Å². The van der Waals surface area contributed by atoms with Crippen molar-refractivity contribution in [3.05, 3.63) is 21.3 Å². The second kappa shape index (κ2) is 7.19. The Labute approximate surface area is 125 Å². The van der Waals surface area contributed by atoms with Crippen LogP contribution in [0, 0.1) is 14.9 Å². The maximum absolute atomic E-state index is 11.7. The standard InChI is InChI=1S/C13H15IN2O3/c1-3-11(13(17)18-4-2)19-12-9(14)5-8(7-15)6-10(12)16/h5-6,11H,3-4,16H2,1-2H3. The van der Waals surface area contributed by atoms with E-state index in [4.69, 9.17) is 20.5 Å². The summed E-state index contributed by atoms with van der Waals surface area (Å²) in [6, 6.07) is 5.19. The van der Waals surface area contributed by atoms with E-state index in [2.05, 4.69) is 0 Å². The fourth-order valence-corrected chi connectivity index (χ4v) is 2.25. The van der Waals surface area contributed by atoms with Gasteiger partial charge in [0.25, 0.3) is 0 Å². The van der Waals surface area contributed by atoms with Crippen molar-refractivity contribution in [2.45, 2.75) is 26.4 Å². The first-order valence-electron chi connectivity index (χ1n) is 5.85. The van der Waals surface area contributed by atoms with E-state index in [1.165, 1.54) is 6.07 Å². The van der Waals surface area contributed by atoms with E-state index in [0.717, 1.165) is 0 Å². The molecular weight excluding hydrogens is 359 g/mol. The normalized spacial score (nSPS) is 11.5. The summed E-state index contributed by atoms with van der Waals surface area (Å²) in [4.78, 5) is 11.7. The summed E-state index contributed by atoms with van der Waals surface area (Å²) in [7, 11) is 0. The number of esters is 1. The molecule has 0 heterocycles. The monoisotopic (exact) mass is 374 g/mol. The fraction of sp³-hybridized carbons (Fsp3) is 0.385. The summed E-state index contributed by atoms with van der Waals surface area (Å²) in [5, 5.41) is 8.84. The fourth-order valence-electron chi connectivity index (χ4n) is 1.48. The molecule has 1 aromatic rings. The molecule has 1 atom stereocenters. The van der Waals surface area contributed by atoms with Crippen LogP contribution in [-0.4, -0.2) is 18.7 Å². The highest BCUT2D eigenvalue weighted by atomic mass is 127. The molecule has 0 aliphatic carbocycles. The van der Waals surface area contributed by atoms with E-state index in [1.54, 1.807) is 13.0 Å². The Balaban J connectivity index is 2.98. The minimum absolute atomic E-state index is 0.304. The molecule has 0 bridgehead atoms. The first-order chi connectivity index (χ1) is 9.03. The van der Waals surface area contributed by atoms with Crippen LogP contribution in [0.2, 0.25) is 0 Å². The van der Waals surface area contributed by atoms with Gasteiger partial charge in [0.05, 0.1) is 27.5 Å². The smallest absolute Gasteiger partial charge is 0.347 e. The van der Waals surface area contributed by atoms with Gasteiger partial charge in [0, 0.05) is 0 Å². The molecule has 0 amide bonds. The third kappa shape index (κ3) is 3.99. The van der Waals surface area contributed by atoms with Crippen molar-refractivity contribution in [2.75, 3.05) is 12.3 Å². The summed E-state index contributed by atoms with van der Waals surface area (Å²) >= 11 is 2.02. The Morgan fingerprint density at radius 3 is 2.68 bits per heavy atom. The van der Waals surface area contributed by atoms with Gasteiger partial charge < -0.3 is 15.2 Å². The third-order valence-corrected chi connectivity index (χ3v) is 3.18. The average molecular weight is 374 g/mol. The highest BCUT2D eigenvalue weighted by Crippen LogP contribution is 2.31. The summed E-state index contributed by atoms with van der Waals surface area (Å²) in [5.74, 6) is 0.00376. The van der Waals surface area contributed by atoms with Crippen LogP contribution in [0.25, 0.3) is 0 Å². The predicted octanol–water partition coefficient (Wildman–Crippen LogP) is 2.47. The van der Waals surface area contributed by atoms with Crippen molar-refractivity contribution in [1.29, 1.82) is 5.26 Å². The number of rotatable bonds is 5. The molecule has 5 nitrogen and oxygen atoms in total. The van der Waals surface area contributed by atoms with Gasteiger partial charge in [0.1, 0.15) is 0 Å². The van der Waals surface area contributed by atoms with Gasteiger partial charge in [0.2, 0.25) is 0 Å². The molecule has 1 aromatic carbocycles. The van der Waals surface area contributed by atoms with Crippen LogP contribution in [0.4, 0.5) is 5.69 Å². The number of anilines is 1. The van der Waals surface area contributed by atoms with Crippen LogP contribution < -0.4 is 10.5 Å². The molecule has 0 spiro atoms. The molecule has 102 valence electrons. The first kappa shape index (κ1) is 15.6. The molecule has 0 fully saturated rings. The second-order valence-corrected chi connectivity index (χ2v) is 4.92. The van der Waals surface area contributed by atoms with Crippen LogP contribution in [0.15, 0.2) is 12.1 Å². The lowest BCUT2D eigenvalue weighted by atomic mass is 10.2. The minimum Gasteiger partial charge on any atom is -0.475 e. The first-order valence-corrected chi connectivity index (χ1v) is 6.93. The molecule has 0 saturated heterocycles. The second-order valence-electron chi connectivity index (χ2n) is 3.76. The third-order valence-electron chi connectivity index (χ3n) is 2.38. The Morgan fingerprint density at radius 1 is 1.53 bits per heavy atom. The summed E-state index contributed by atoms with van der Waals surface area (Å²) in [6.07, 6.45) is -0.211. The molecule has 1 unspecified atom stereocenters. The Kier molecular flexibility index (Phi) is 5.89. The molecule has 0 aromatic heterocycles. The van der Waals surface area contributed by atoms with Gasteiger partial charge in [-0.1, -0.05) is 6.92 Å². The highest BCUT2D eigenvalue weighted by molar-refractivity contribution is 14.1. The quantitative estimate of drug-likeness (QED) is 0.486. The highest BCUT2D eigenvalue weighted by Gasteiger charge is 2.22. The number of benzene rings is 1. The molecule has 19 heavy (non-hydrogen) atoms. The molecule has 0 aliphatic heterocycles. The largest absolute Gasteiger partial charge is 0.475 e. The van der Waals surface area contributed by atoms with E-state index in [-0.39, 0.29) is 0 Å². The van der Waals surface area contributed by atoms with Gasteiger partial charge in [-0.3, -0.25) is 0 Å². The number of nitriles is 1. The van der Waals surface area contributed by atoms with E-state index < -0.39 is 12.1 Å². The van der Waals surface area contributed by atoms with Gasteiger partial charge in [-0.25, -0.2) is 4.79 Å². The molecule has 0 saturated carbocycles. The zero-order chi connectivity index (χ0) is 14.4. The van der Waals surface area contributed by atoms with Crippen molar-refractivity contribution in [2.24, 2.45) is 0 Å². The molecule has 0 aliphatic rings. The number of carbonyl (C=O) groups is 1. The van der Waals surface area contributed by atoms with Crippen molar-refractivity contribution < 1.29 is 14.3 Å². The van der Waals surface area contributed by atoms with Crippen LogP contribution in [0.5, 0.6) is 5.75 Å². The number of halogens is 1. The van der Waals surface area contributed by atoms with E-state index in [9.17, 15) is 4.79 Å². The summed E-state index contributed by atoms with van der Waals surface area (Å²) in [6.45, 7) is 3.87. The van der Waals surface area contributed by atoms with Crippen molar-refractivity contribution >= 4 is 34.2 Å². The lowest BCUT2D eigenvalue weighted by Gasteiger charge is -2.18. The SMILES string of the molecule is CCOC(=O)C(CC)Oc1c(N)cc(C#N)cc1I. The number of hydrogen-bond donors (Lipinski definition) is 1. The number of nitrogens with two attached hydrogens (primary N) is 1. The molecule has 2 N–H and O–H groups in total. The Hall–Kier alpha value is -1.49. The van der Waals surface area contributed by atoms with E-state index in [1.807, 2.05) is 35.6 Å². The molecule has 6 heteroatoms. The summed E-state index contributed by atoms with van der Waals surface area (Å²) in [5.41, 5.74) is 6.64. The average Bonchev–Trinajstić information content (AvgIpc) is 2.38. The predicted molar refractivity (Wildman–Crippen MR) is 79.6 cm³/mol. The van der Waals surface area contributed by atoms with Gasteiger partial charge in [0.15, 0.2) is 11.9 Å². The maximum Gasteiger partial charge on any atom is 0.347 e. The lowest BCUT2D eigenvalue weighted by Crippen LogP contribution is -2.29. The minimum atomic E-state index is -0.691. The number of hydrogen-bond acceptors (Lipinski definition) is 5. The van der Waals surface area contributed by atoms with Crippen LogP contribution in [-0.2, 0) is 9.53 Å². The van der Waals surface area contributed by atoms with E-state index >= 15 is 0 Å². The Bertz CT molecular complexity index is 488. The van der Waals surface area contributed by atoms with Crippen molar-refractivity contribution in [1.82, 2.24) is 0 Å². The van der Waals surface area contributed by atoms with Gasteiger partial charge in [-0.05, 0) is 48.1 Å². The topological polar surface area (TPSA) is 85.3 Å². The lowest BCUT2D eigenvalue weighted by molar-refractivity contribution is -0.151. The number of ether oxygens (including phenoxy) is 2. The number of carbonyl (C=O) groups excluding carboxylic acids is 1. The molecule has 1 rings (SSSR count). The zero-order valence-electron chi connectivity index (χ0n) is 10.8. The number of nitrogen functional groups attached to an aromatic ring is 1. The number of nitrogens with zero attached hydrogens (tertiary/aromatic N) is 1. The van der Waals surface area contributed by atoms with Crippen LogP contribution in [0.1, 0.15) is 25.8 Å².